The molecule has 1 amide bonds. The summed E-state index contributed by atoms with van der Waals surface area (Å²) < 4.78 is 15.2. The summed E-state index contributed by atoms with van der Waals surface area (Å²) in [4.78, 5) is 23.3. The van der Waals surface area contributed by atoms with E-state index in [4.69, 9.17) is 14.2 Å². The van der Waals surface area contributed by atoms with Crippen LogP contribution < -0.4 is 14.8 Å². The third kappa shape index (κ3) is 5.45. The normalized spacial score (nSPS) is 13.0. The van der Waals surface area contributed by atoms with Crippen molar-refractivity contribution < 1.29 is 28.9 Å². The van der Waals surface area contributed by atoms with Crippen molar-refractivity contribution in [1.82, 2.24) is 5.32 Å². The second-order valence-electron chi connectivity index (χ2n) is 5.34. The average Bonchev–Trinajstić information content (AvgIpc) is 2.52. The van der Waals surface area contributed by atoms with Gasteiger partial charge < -0.3 is 24.6 Å². The van der Waals surface area contributed by atoms with Crippen LogP contribution >= 0.6 is 0 Å². The van der Waals surface area contributed by atoms with Crippen molar-refractivity contribution in [3.63, 3.8) is 0 Å². The summed E-state index contributed by atoms with van der Waals surface area (Å²) >= 11 is 0. The molecule has 1 aromatic rings. The molecule has 0 aromatic heterocycles. The number of amides is 1. The molecular formula is C16H23NO6. The van der Waals surface area contributed by atoms with Crippen molar-refractivity contribution in [3.05, 3.63) is 23.8 Å². The zero-order valence-electron chi connectivity index (χ0n) is 13.8. The van der Waals surface area contributed by atoms with Gasteiger partial charge in [-0.1, -0.05) is 0 Å². The van der Waals surface area contributed by atoms with Crippen LogP contribution in [0.2, 0.25) is 0 Å². The van der Waals surface area contributed by atoms with E-state index in [-0.39, 0.29) is 18.9 Å². The van der Waals surface area contributed by atoms with Gasteiger partial charge in [0.25, 0.3) is 0 Å². The third-order valence-corrected chi connectivity index (χ3v) is 3.37. The lowest BCUT2D eigenvalue weighted by molar-refractivity contribution is -0.149. The van der Waals surface area contributed by atoms with Crippen molar-refractivity contribution in [1.29, 1.82) is 0 Å². The number of nitrogens with one attached hydrogen (secondary N) is 1. The molecular weight excluding hydrogens is 302 g/mol. The molecule has 0 spiro atoms. The Hall–Kier alpha value is -2.28. The lowest BCUT2D eigenvalue weighted by Crippen LogP contribution is -2.55. The fourth-order valence-corrected chi connectivity index (χ4v) is 2.08. The van der Waals surface area contributed by atoms with E-state index in [2.05, 4.69) is 5.32 Å². The van der Waals surface area contributed by atoms with Gasteiger partial charge in [0.05, 0.1) is 20.8 Å². The first-order valence-corrected chi connectivity index (χ1v) is 7.10. The first kappa shape index (κ1) is 18.8. The predicted molar refractivity (Wildman–Crippen MR) is 83.9 cm³/mol. The van der Waals surface area contributed by atoms with E-state index in [0.717, 1.165) is 5.56 Å². The number of aliphatic carboxylic acids is 1. The van der Waals surface area contributed by atoms with Crippen LogP contribution in [0.25, 0.3) is 0 Å². The van der Waals surface area contributed by atoms with Gasteiger partial charge >= 0.3 is 5.97 Å². The van der Waals surface area contributed by atoms with Crippen LogP contribution in [0.1, 0.15) is 18.9 Å². The maximum absolute atomic E-state index is 12.0. The molecule has 0 radical (unpaired) electrons. The summed E-state index contributed by atoms with van der Waals surface area (Å²) in [6.07, 6.45) is 0.574. The van der Waals surface area contributed by atoms with E-state index in [1.54, 1.807) is 32.4 Å². The minimum atomic E-state index is -1.45. The first-order valence-electron chi connectivity index (χ1n) is 7.10. The second kappa shape index (κ2) is 8.38. The van der Waals surface area contributed by atoms with Gasteiger partial charge in [0.2, 0.25) is 5.91 Å². The lowest BCUT2D eigenvalue weighted by Gasteiger charge is -2.25. The molecule has 0 saturated heterocycles. The van der Waals surface area contributed by atoms with Crippen LogP contribution in [0, 0.1) is 0 Å². The van der Waals surface area contributed by atoms with Gasteiger partial charge in [-0.15, -0.1) is 0 Å². The molecule has 1 unspecified atom stereocenters. The summed E-state index contributed by atoms with van der Waals surface area (Å²) in [5, 5.41) is 11.7. The molecule has 1 rings (SSSR count). The standard InChI is InChI=1S/C16H23NO6/c1-16(10-21-2,15(19)20)17-14(18)6-5-11-7-12(22-3)9-13(8-11)23-4/h7-9H,5-6,10H2,1-4H3,(H,17,18)(H,19,20). The van der Waals surface area contributed by atoms with Crippen molar-refractivity contribution in [2.75, 3.05) is 27.9 Å². The molecule has 0 aliphatic carbocycles. The van der Waals surface area contributed by atoms with E-state index in [1.165, 1.54) is 14.0 Å². The zero-order chi connectivity index (χ0) is 17.5. The van der Waals surface area contributed by atoms with Crippen molar-refractivity contribution in [2.45, 2.75) is 25.3 Å². The number of hydrogen-bond donors (Lipinski definition) is 2. The van der Waals surface area contributed by atoms with Crippen LogP contribution in [0.3, 0.4) is 0 Å². The van der Waals surface area contributed by atoms with Gasteiger partial charge in [0.15, 0.2) is 5.54 Å². The summed E-state index contributed by atoms with van der Waals surface area (Å²) in [6.45, 7) is 1.30. The largest absolute Gasteiger partial charge is 0.497 e. The quantitative estimate of drug-likeness (QED) is 0.709. The van der Waals surface area contributed by atoms with Crippen LogP contribution in [-0.2, 0) is 20.7 Å². The number of benzene rings is 1. The molecule has 1 atom stereocenters. The van der Waals surface area contributed by atoms with Gasteiger partial charge in [0.1, 0.15) is 11.5 Å². The average molecular weight is 325 g/mol. The van der Waals surface area contributed by atoms with Crippen LogP contribution in [0.15, 0.2) is 18.2 Å². The maximum atomic E-state index is 12.0. The van der Waals surface area contributed by atoms with Gasteiger partial charge in [-0.3, -0.25) is 4.79 Å². The molecule has 0 saturated carbocycles. The Morgan fingerprint density at radius 3 is 2.13 bits per heavy atom. The SMILES string of the molecule is COCC(C)(NC(=O)CCc1cc(OC)cc(OC)c1)C(=O)O. The highest BCUT2D eigenvalue weighted by Crippen LogP contribution is 2.23. The van der Waals surface area contributed by atoms with Crippen molar-refractivity contribution in [3.8, 4) is 11.5 Å². The van der Waals surface area contributed by atoms with Gasteiger partial charge in [0, 0.05) is 19.6 Å². The molecule has 2 N–H and O–H groups in total. The van der Waals surface area contributed by atoms with Crippen molar-refractivity contribution in [2.24, 2.45) is 0 Å². The second-order valence-corrected chi connectivity index (χ2v) is 5.34. The number of rotatable bonds is 9. The number of carbonyl (C=O) groups excluding carboxylic acids is 1. The number of carboxylic acid groups (broad SMARTS) is 1. The number of carbonyl (C=O) groups is 2. The Morgan fingerprint density at radius 2 is 1.70 bits per heavy atom. The topological polar surface area (TPSA) is 94.1 Å². The van der Waals surface area contributed by atoms with Gasteiger partial charge in [-0.25, -0.2) is 4.79 Å². The fraction of sp³-hybridized carbons (Fsp3) is 0.500. The van der Waals surface area contributed by atoms with Gasteiger partial charge in [-0.2, -0.15) is 0 Å². The smallest absolute Gasteiger partial charge is 0.331 e. The number of ether oxygens (including phenoxy) is 3. The monoisotopic (exact) mass is 325 g/mol. The highest BCUT2D eigenvalue weighted by Gasteiger charge is 2.34. The zero-order valence-corrected chi connectivity index (χ0v) is 13.8. The summed E-state index contributed by atoms with van der Waals surface area (Å²) in [7, 11) is 4.48. The number of carboxylic acids is 1. The minimum Gasteiger partial charge on any atom is -0.497 e. The molecule has 0 aliphatic rings. The minimum absolute atomic E-state index is 0.110. The third-order valence-electron chi connectivity index (χ3n) is 3.37. The van der Waals surface area contributed by atoms with Crippen LogP contribution in [0.5, 0.6) is 11.5 Å². The Bertz CT molecular complexity index is 537. The summed E-state index contributed by atoms with van der Waals surface area (Å²) in [6, 6.07) is 5.35. The van der Waals surface area contributed by atoms with E-state index >= 15 is 0 Å². The molecule has 23 heavy (non-hydrogen) atoms. The van der Waals surface area contributed by atoms with E-state index in [9.17, 15) is 14.7 Å². The van der Waals surface area contributed by atoms with Crippen molar-refractivity contribution >= 4 is 11.9 Å². The molecule has 0 heterocycles. The molecule has 0 bridgehead atoms. The molecule has 128 valence electrons. The molecule has 7 nitrogen and oxygen atoms in total. The molecule has 1 aromatic carbocycles. The highest BCUT2D eigenvalue weighted by atomic mass is 16.5. The molecule has 0 fully saturated rings. The number of methoxy groups -OCH3 is 3. The fourth-order valence-electron chi connectivity index (χ4n) is 2.08. The highest BCUT2D eigenvalue weighted by molar-refractivity contribution is 5.86. The van der Waals surface area contributed by atoms with E-state index < -0.39 is 11.5 Å². The predicted octanol–water partition coefficient (Wildman–Crippen LogP) is 1.24. The van der Waals surface area contributed by atoms with Crippen LogP contribution in [0.4, 0.5) is 0 Å². The van der Waals surface area contributed by atoms with E-state index in [1.807, 2.05) is 0 Å². The van der Waals surface area contributed by atoms with E-state index in [0.29, 0.717) is 17.9 Å². The number of aryl methyl sites for hydroxylation is 1. The Labute approximate surface area is 135 Å². The molecule has 7 heteroatoms. The lowest BCUT2D eigenvalue weighted by atomic mass is 10.0. The molecule has 0 aliphatic heterocycles. The van der Waals surface area contributed by atoms with Crippen LogP contribution in [-0.4, -0.2) is 50.5 Å². The first-order chi connectivity index (χ1) is 10.8. The Morgan fingerprint density at radius 1 is 1.13 bits per heavy atom. The summed E-state index contributed by atoms with van der Waals surface area (Å²) in [5.74, 6) is -0.242. The number of hydrogen-bond acceptors (Lipinski definition) is 5. The van der Waals surface area contributed by atoms with Gasteiger partial charge in [-0.05, 0) is 31.0 Å². The Kier molecular flexibility index (Phi) is 6.84. The maximum Gasteiger partial charge on any atom is 0.331 e. The summed E-state index contributed by atoms with van der Waals surface area (Å²) in [5.41, 5.74) is -0.585. The Balaban J connectivity index is 2.70.